The van der Waals surface area contributed by atoms with Crippen molar-refractivity contribution in [2.45, 2.75) is 25.3 Å². The van der Waals surface area contributed by atoms with Crippen LogP contribution in [0.25, 0.3) is 22.2 Å². The summed E-state index contributed by atoms with van der Waals surface area (Å²) in [6, 6.07) is 15.8. The number of hydrogen-bond donors (Lipinski definition) is 2. The summed E-state index contributed by atoms with van der Waals surface area (Å²) in [6.45, 7) is 3.01. The molecular formula is C28H29N5O2. The van der Waals surface area contributed by atoms with Crippen molar-refractivity contribution in [1.29, 1.82) is 0 Å². The van der Waals surface area contributed by atoms with Gasteiger partial charge in [0.1, 0.15) is 5.75 Å². The molecule has 2 aliphatic rings. The van der Waals surface area contributed by atoms with E-state index in [-0.39, 0.29) is 5.91 Å². The second-order valence-electron chi connectivity index (χ2n) is 9.00. The quantitative estimate of drug-likeness (QED) is 0.453. The number of aromatic nitrogens is 3. The van der Waals surface area contributed by atoms with Gasteiger partial charge in [-0.2, -0.15) is 5.10 Å². The van der Waals surface area contributed by atoms with Crippen LogP contribution in [0.4, 0.5) is 0 Å². The van der Waals surface area contributed by atoms with E-state index in [1.807, 2.05) is 50.6 Å². The molecule has 0 saturated heterocycles. The van der Waals surface area contributed by atoms with Crippen LogP contribution < -0.4 is 15.4 Å². The zero-order valence-electron chi connectivity index (χ0n) is 20.2. The molecule has 2 aromatic heterocycles. The third kappa shape index (κ3) is 4.62. The number of aryl methyl sites for hydroxylation is 2. The van der Waals surface area contributed by atoms with E-state index in [1.165, 1.54) is 0 Å². The fourth-order valence-electron chi connectivity index (χ4n) is 4.26. The van der Waals surface area contributed by atoms with Crippen LogP contribution in [0, 0.1) is 6.92 Å². The van der Waals surface area contributed by atoms with Crippen LogP contribution in [0.1, 0.15) is 34.3 Å². The predicted octanol–water partition coefficient (Wildman–Crippen LogP) is 4.47. The van der Waals surface area contributed by atoms with Gasteiger partial charge in [0.15, 0.2) is 0 Å². The van der Waals surface area contributed by atoms with E-state index in [2.05, 4.69) is 45.0 Å². The standard InChI is InChI=1S/C25H24N4O2.C3H5N/c1-16-6-7-18(31-3)15-20(16)24(30)27-25(9-10-25)21-13-17(22-8-12-29(2)28-22)14-23-19(21)5-4-11-26-23;1-2-4-3-1/h4-8,11-15H,9-10H2,1-3H3,(H,27,30);1-2,4H,3H2. The molecule has 1 fully saturated rings. The van der Waals surface area contributed by atoms with Crippen LogP contribution in [0.2, 0.25) is 0 Å². The number of amides is 1. The van der Waals surface area contributed by atoms with Crippen molar-refractivity contribution in [3.8, 4) is 17.0 Å². The Labute approximate surface area is 204 Å². The highest BCUT2D eigenvalue weighted by Gasteiger charge is 2.47. The first-order valence-corrected chi connectivity index (χ1v) is 11.7. The zero-order valence-corrected chi connectivity index (χ0v) is 20.2. The van der Waals surface area contributed by atoms with Crippen molar-refractivity contribution in [3.05, 3.63) is 89.9 Å². The van der Waals surface area contributed by atoms with Gasteiger partial charge in [0.25, 0.3) is 5.91 Å². The normalized spacial score (nSPS) is 14.8. The first-order valence-electron chi connectivity index (χ1n) is 11.7. The van der Waals surface area contributed by atoms with Crippen molar-refractivity contribution in [1.82, 2.24) is 25.4 Å². The SMILES string of the molecule is C1=CNC1.COc1ccc(C)c(C(=O)NC2(c3cc(-c4ccn(C)n4)cc4ncccc34)CC2)c1. The number of rotatable bonds is 5. The van der Waals surface area contributed by atoms with Crippen molar-refractivity contribution < 1.29 is 9.53 Å². The van der Waals surface area contributed by atoms with Crippen LogP contribution in [0.15, 0.2) is 73.2 Å². The highest BCUT2D eigenvalue weighted by molar-refractivity contribution is 5.98. The maximum atomic E-state index is 13.3. The van der Waals surface area contributed by atoms with E-state index in [0.29, 0.717) is 11.3 Å². The van der Waals surface area contributed by atoms with Crippen LogP contribution >= 0.6 is 0 Å². The molecule has 3 heterocycles. The maximum absolute atomic E-state index is 13.3. The molecule has 2 aromatic carbocycles. The minimum Gasteiger partial charge on any atom is -0.497 e. The Morgan fingerprint density at radius 1 is 1.17 bits per heavy atom. The Bertz CT molecular complexity index is 1410. The number of methoxy groups -OCH3 is 1. The topological polar surface area (TPSA) is 81.1 Å². The smallest absolute Gasteiger partial charge is 0.252 e. The monoisotopic (exact) mass is 467 g/mol. The Morgan fingerprint density at radius 3 is 2.57 bits per heavy atom. The highest BCUT2D eigenvalue weighted by Crippen LogP contribution is 2.49. The third-order valence-corrected chi connectivity index (χ3v) is 6.51. The number of hydrogen-bond acceptors (Lipinski definition) is 5. The first kappa shape index (κ1) is 22.7. The number of nitrogens with zero attached hydrogens (tertiary/aromatic N) is 3. The van der Waals surface area contributed by atoms with Crippen LogP contribution in [0.3, 0.4) is 0 Å². The van der Waals surface area contributed by atoms with Gasteiger partial charge in [-0.3, -0.25) is 14.5 Å². The van der Waals surface area contributed by atoms with Gasteiger partial charge in [-0.1, -0.05) is 12.1 Å². The van der Waals surface area contributed by atoms with Gasteiger partial charge in [0.2, 0.25) is 0 Å². The van der Waals surface area contributed by atoms with Gasteiger partial charge in [0.05, 0.1) is 23.9 Å². The average Bonchev–Trinajstić information content (AvgIpc) is 3.47. The van der Waals surface area contributed by atoms with E-state index in [1.54, 1.807) is 24.1 Å². The van der Waals surface area contributed by atoms with Crippen molar-refractivity contribution in [3.63, 3.8) is 0 Å². The van der Waals surface area contributed by atoms with Gasteiger partial charge < -0.3 is 15.4 Å². The lowest BCUT2D eigenvalue weighted by atomic mass is 9.95. The van der Waals surface area contributed by atoms with E-state index in [0.717, 1.165) is 52.7 Å². The molecule has 0 bridgehead atoms. The summed E-state index contributed by atoms with van der Waals surface area (Å²) in [5.41, 5.74) is 5.03. The van der Waals surface area contributed by atoms with Gasteiger partial charge >= 0.3 is 0 Å². The Hall–Kier alpha value is -4.13. The molecule has 0 spiro atoms. The van der Waals surface area contributed by atoms with E-state index in [4.69, 9.17) is 4.74 Å². The Kier molecular flexibility index (Phi) is 5.99. The molecule has 2 N–H and O–H groups in total. The molecule has 7 nitrogen and oxygen atoms in total. The first-order chi connectivity index (χ1) is 17.0. The summed E-state index contributed by atoms with van der Waals surface area (Å²) in [5.74, 6) is 0.585. The summed E-state index contributed by atoms with van der Waals surface area (Å²) >= 11 is 0. The fourth-order valence-corrected chi connectivity index (χ4v) is 4.26. The van der Waals surface area contributed by atoms with Crippen molar-refractivity contribution in [2.24, 2.45) is 7.05 Å². The molecule has 1 saturated carbocycles. The summed E-state index contributed by atoms with van der Waals surface area (Å²) in [5, 5.41) is 11.9. The number of benzene rings is 2. The number of nitrogens with one attached hydrogen (secondary N) is 2. The molecule has 1 amide bonds. The summed E-state index contributed by atoms with van der Waals surface area (Å²) in [4.78, 5) is 17.8. The lowest BCUT2D eigenvalue weighted by Gasteiger charge is -2.21. The lowest BCUT2D eigenvalue weighted by molar-refractivity contribution is 0.0930. The number of carbonyl (C=O) groups excluding carboxylic acids is 1. The lowest BCUT2D eigenvalue weighted by Crippen LogP contribution is -2.35. The van der Waals surface area contributed by atoms with E-state index >= 15 is 0 Å². The molecular weight excluding hydrogens is 438 g/mol. The number of ether oxygens (including phenoxy) is 1. The molecule has 0 radical (unpaired) electrons. The molecule has 1 aliphatic heterocycles. The van der Waals surface area contributed by atoms with Crippen LogP contribution in [0.5, 0.6) is 5.75 Å². The highest BCUT2D eigenvalue weighted by atomic mass is 16.5. The zero-order chi connectivity index (χ0) is 24.4. The van der Waals surface area contributed by atoms with E-state index < -0.39 is 5.54 Å². The number of carbonyl (C=O) groups is 1. The molecule has 6 rings (SSSR count). The van der Waals surface area contributed by atoms with Crippen LogP contribution in [-0.4, -0.2) is 34.3 Å². The van der Waals surface area contributed by atoms with E-state index in [9.17, 15) is 4.79 Å². The number of pyridine rings is 1. The molecule has 7 heteroatoms. The Morgan fingerprint density at radius 2 is 1.94 bits per heavy atom. The Balaban J connectivity index is 0.000000577. The second-order valence-corrected chi connectivity index (χ2v) is 9.00. The van der Waals surface area contributed by atoms with Crippen LogP contribution in [-0.2, 0) is 12.6 Å². The molecule has 35 heavy (non-hydrogen) atoms. The molecule has 0 atom stereocenters. The summed E-state index contributed by atoms with van der Waals surface area (Å²) < 4.78 is 7.11. The molecule has 1 aliphatic carbocycles. The summed E-state index contributed by atoms with van der Waals surface area (Å²) in [6.07, 6.45) is 9.50. The third-order valence-electron chi connectivity index (χ3n) is 6.51. The number of fused-ring (bicyclic) bond motifs is 1. The van der Waals surface area contributed by atoms with Crippen molar-refractivity contribution >= 4 is 16.8 Å². The fraction of sp³-hybridized carbons (Fsp3) is 0.250. The molecule has 4 aromatic rings. The van der Waals surface area contributed by atoms with Gasteiger partial charge in [0, 0.05) is 42.5 Å². The molecule has 178 valence electrons. The maximum Gasteiger partial charge on any atom is 0.252 e. The van der Waals surface area contributed by atoms with Crippen molar-refractivity contribution in [2.75, 3.05) is 13.7 Å². The summed E-state index contributed by atoms with van der Waals surface area (Å²) in [7, 11) is 3.51. The largest absolute Gasteiger partial charge is 0.497 e. The van der Waals surface area contributed by atoms with Gasteiger partial charge in [-0.25, -0.2) is 0 Å². The van der Waals surface area contributed by atoms with Gasteiger partial charge in [-0.05, 0) is 79.6 Å². The minimum atomic E-state index is -0.404. The predicted molar refractivity (Wildman–Crippen MR) is 137 cm³/mol. The second kappa shape index (κ2) is 9.25. The average molecular weight is 468 g/mol. The van der Waals surface area contributed by atoms with Gasteiger partial charge in [-0.15, -0.1) is 0 Å². The molecule has 0 unspecified atom stereocenters. The minimum absolute atomic E-state index is 0.0887.